The zero-order valence-electron chi connectivity index (χ0n) is 9.40. The van der Waals surface area contributed by atoms with E-state index in [9.17, 15) is 31.1 Å². The Bertz CT molecular complexity index is 500. The van der Waals surface area contributed by atoms with Crippen LogP contribution in [0.3, 0.4) is 0 Å². The van der Waals surface area contributed by atoms with Gasteiger partial charge in [0.25, 0.3) is 5.91 Å². The smallest absolute Gasteiger partial charge is 0.267 e. The molecule has 0 spiro atoms. The van der Waals surface area contributed by atoms with Crippen molar-refractivity contribution in [3.8, 4) is 0 Å². The molecule has 20 heavy (non-hydrogen) atoms. The van der Waals surface area contributed by atoms with Crippen LogP contribution in [0, 0.1) is 0 Å². The van der Waals surface area contributed by atoms with Crippen molar-refractivity contribution in [3.05, 3.63) is 33.8 Å². The van der Waals surface area contributed by atoms with Crippen LogP contribution in [-0.2, 0) is 11.0 Å². The molecule has 0 aliphatic rings. The van der Waals surface area contributed by atoms with Crippen molar-refractivity contribution in [2.24, 2.45) is 0 Å². The Morgan fingerprint density at radius 1 is 1.20 bits per heavy atom. The number of rotatable bonds is 3. The van der Waals surface area contributed by atoms with Crippen LogP contribution < -0.4 is 5.48 Å². The van der Waals surface area contributed by atoms with Gasteiger partial charge in [-0.05, 0) is 18.2 Å². The molecule has 1 amide bonds. The maximum absolute atomic E-state index is 12.7. The Labute approximate surface area is 117 Å². The third-order valence-corrected chi connectivity index (χ3v) is 2.43. The molecule has 10 heteroatoms. The average molecular weight is 366 g/mol. The minimum Gasteiger partial charge on any atom is -0.267 e. The topological polar surface area (TPSA) is 38.3 Å². The first-order valence-corrected chi connectivity index (χ1v) is 5.65. The predicted molar refractivity (Wildman–Crippen MR) is 58.6 cm³/mol. The molecule has 0 aliphatic carbocycles. The number of amides is 1. The van der Waals surface area contributed by atoms with E-state index >= 15 is 0 Å². The number of hydroxylamine groups is 1. The summed E-state index contributed by atoms with van der Waals surface area (Å²) in [6.45, 7) is -1.81. The average Bonchev–Trinajstić information content (AvgIpc) is 2.25. The molecule has 0 radical (unpaired) electrons. The summed E-state index contributed by atoms with van der Waals surface area (Å²) in [5, 5.41) is 0. The second kappa shape index (κ2) is 6.00. The lowest BCUT2D eigenvalue weighted by atomic mass is 10.1. The van der Waals surface area contributed by atoms with Gasteiger partial charge in [-0.3, -0.25) is 9.63 Å². The van der Waals surface area contributed by atoms with Crippen molar-refractivity contribution in [1.82, 2.24) is 5.48 Å². The summed E-state index contributed by atoms with van der Waals surface area (Å²) in [7, 11) is 0. The van der Waals surface area contributed by atoms with Crippen molar-refractivity contribution in [1.29, 1.82) is 0 Å². The van der Waals surface area contributed by atoms with Crippen LogP contribution in [0.4, 0.5) is 26.3 Å². The van der Waals surface area contributed by atoms with Gasteiger partial charge in [-0.15, -0.1) is 0 Å². The van der Waals surface area contributed by atoms with Gasteiger partial charge in [0.1, 0.15) is 0 Å². The minimum absolute atomic E-state index is 0.0672. The van der Waals surface area contributed by atoms with Gasteiger partial charge in [0.15, 0.2) is 6.61 Å². The Hall–Kier alpha value is -1.29. The van der Waals surface area contributed by atoms with Gasteiger partial charge in [0.2, 0.25) is 0 Å². The quantitative estimate of drug-likeness (QED) is 0.655. The van der Waals surface area contributed by atoms with Crippen LogP contribution in [0.5, 0.6) is 0 Å². The molecule has 3 nitrogen and oxygen atoms in total. The summed E-state index contributed by atoms with van der Waals surface area (Å²) in [5.74, 6) is -1.42. The third-order valence-electron chi connectivity index (χ3n) is 1.93. The molecular weight excluding hydrogens is 360 g/mol. The van der Waals surface area contributed by atoms with Gasteiger partial charge in [-0.1, -0.05) is 15.9 Å². The molecule has 1 rings (SSSR count). The molecule has 112 valence electrons. The first kappa shape index (κ1) is 16.8. The van der Waals surface area contributed by atoms with E-state index in [1.807, 2.05) is 0 Å². The summed E-state index contributed by atoms with van der Waals surface area (Å²) in [6, 6.07) is 2.60. The molecule has 0 bridgehead atoms. The van der Waals surface area contributed by atoms with Crippen LogP contribution in [0.25, 0.3) is 0 Å². The lowest BCUT2D eigenvalue weighted by Gasteiger charge is -2.13. The summed E-state index contributed by atoms with van der Waals surface area (Å²) in [4.78, 5) is 15.2. The maximum Gasteiger partial charge on any atom is 0.417 e. The fraction of sp³-hybridized carbons (Fsp3) is 0.300. The van der Waals surface area contributed by atoms with Crippen LogP contribution in [-0.4, -0.2) is 18.7 Å². The highest BCUT2D eigenvalue weighted by Crippen LogP contribution is 2.33. The highest BCUT2D eigenvalue weighted by atomic mass is 79.9. The molecule has 1 N–H and O–H groups in total. The molecule has 0 unspecified atom stereocenters. The molecule has 1 aromatic carbocycles. The maximum atomic E-state index is 12.7. The van der Waals surface area contributed by atoms with E-state index in [1.165, 1.54) is 5.48 Å². The molecule has 0 saturated carbocycles. The molecule has 0 aliphatic heterocycles. The zero-order chi connectivity index (χ0) is 15.6. The Morgan fingerprint density at radius 3 is 2.30 bits per heavy atom. The predicted octanol–water partition coefficient (Wildman–Crippen LogP) is 3.69. The standard InChI is InChI=1S/C10H6BrF6NO2/c11-5-1-2-6(7(3-5)10(15,16)17)8(19)18-20-4-9(12,13)14/h1-3H,4H2,(H,18,19). The van der Waals surface area contributed by atoms with E-state index in [1.54, 1.807) is 0 Å². The van der Waals surface area contributed by atoms with E-state index in [2.05, 4.69) is 20.8 Å². The van der Waals surface area contributed by atoms with Gasteiger partial charge in [-0.25, -0.2) is 5.48 Å². The van der Waals surface area contributed by atoms with Crippen molar-refractivity contribution < 1.29 is 36.0 Å². The van der Waals surface area contributed by atoms with Crippen LogP contribution in [0.15, 0.2) is 22.7 Å². The molecule has 1 aromatic rings. The monoisotopic (exact) mass is 365 g/mol. The number of carbonyl (C=O) groups is 1. The number of halogens is 7. The normalized spacial score (nSPS) is 12.3. The van der Waals surface area contributed by atoms with Crippen molar-refractivity contribution >= 4 is 21.8 Å². The van der Waals surface area contributed by atoms with Gasteiger partial charge in [0, 0.05) is 4.47 Å². The van der Waals surface area contributed by atoms with E-state index < -0.39 is 36.0 Å². The molecular formula is C10H6BrF6NO2. The van der Waals surface area contributed by atoms with Gasteiger partial charge in [-0.2, -0.15) is 26.3 Å². The van der Waals surface area contributed by atoms with Crippen LogP contribution >= 0.6 is 15.9 Å². The second-order valence-corrected chi connectivity index (χ2v) is 4.44. The summed E-state index contributed by atoms with van der Waals surface area (Å²) in [6.07, 6.45) is -9.54. The number of carbonyl (C=O) groups excluding carboxylic acids is 1. The number of alkyl halides is 6. The molecule has 0 aromatic heterocycles. The highest BCUT2D eigenvalue weighted by molar-refractivity contribution is 9.10. The SMILES string of the molecule is O=C(NOCC(F)(F)F)c1ccc(Br)cc1C(F)(F)F. The zero-order valence-corrected chi connectivity index (χ0v) is 11.0. The Morgan fingerprint density at radius 2 is 1.80 bits per heavy atom. The lowest BCUT2D eigenvalue weighted by Crippen LogP contribution is -2.31. The fourth-order valence-corrected chi connectivity index (χ4v) is 1.55. The van der Waals surface area contributed by atoms with Gasteiger partial charge in [0.05, 0.1) is 11.1 Å². The van der Waals surface area contributed by atoms with Crippen LogP contribution in [0.2, 0.25) is 0 Å². The molecule has 0 saturated heterocycles. The summed E-state index contributed by atoms with van der Waals surface area (Å²) < 4.78 is 73.4. The summed E-state index contributed by atoms with van der Waals surface area (Å²) in [5.41, 5.74) is -0.823. The third kappa shape index (κ3) is 5.00. The van der Waals surface area contributed by atoms with Crippen molar-refractivity contribution in [2.75, 3.05) is 6.61 Å². The molecule has 0 atom stereocenters. The number of hydrogen-bond donors (Lipinski definition) is 1. The first-order chi connectivity index (χ1) is 9.00. The molecule has 0 fully saturated rings. The van der Waals surface area contributed by atoms with E-state index in [-0.39, 0.29) is 4.47 Å². The van der Waals surface area contributed by atoms with E-state index in [0.29, 0.717) is 6.07 Å². The van der Waals surface area contributed by atoms with Gasteiger partial charge < -0.3 is 0 Å². The van der Waals surface area contributed by atoms with E-state index in [0.717, 1.165) is 12.1 Å². The first-order valence-electron chi connectivity index (χ1n) is 4.86. The highest BCUT2D eigenvalue weighted by Gasteiger charge is 2.36. The Kier molecular flexibility index (Phi) is 5.03. The summed E-state index contributed by atoms with van der Waals surface area (Å²) >= 11 is 2.80. The number of hydrogen-bond acceptors (Lipinski definition) is 2. The largest absolute Gasteiger partial charge is 0.417 e. The molecule has 0 heterocycles. The number of benzene rings is 1. The fourth-order valence-electron chi connectivity index (χ4n) is 1.19. The van der Waals surface area contributed by atoms with Crippen molar-refractivity contribution in [2.45, 2.75) is 12.4 Å². The van der Waals surface area contributed by atoms with Gasteiger partial charge >= 0.3 is 12.4 Å². The lowest BCUT2D eigenvalue weighted by molar-refractivity contribution is -0.184. The van der Waals surface area contributed by atoms with Crippen molar-refractivity contribution in [3.63, 3.8) is 0 Å². The Balaban J connectivity index is 2.88. The number of nitrogens with one attached hydrogen (secondary N) is 1. The minimum atomic E-state index is -4.83. The van der Waals surface area contributed by atoms with Crippen LogP contribution in [0.1, 0.15) is 15.9 Å². The van der Waals surface area contributed by atoms with E-state index in [4.69, 9.17) is 0 Å². The second-order valence-electron chi connectivity index (χ2n) is 3.52.